The van der Waals surface area contributed by atoms with Gasteiger partial charge in [-0.15, -0.1) is 0 Å². The molecule has 0 aliphatic carbocycles. The molecule has 0 N–H and O–H groups in total. The van der Waals surface area contributed by atoms with E-state index in [0.717, 1.165) is 14.6 Å². The van der Waals surface area contributed by atoms with Crippen molar-refractivity contribution in [2.75, 3.05) is 13.2 Å². The van der Waals surface area contributed by atoms with E-state index in [-0.39, 0.29) is 23.2 Å². The summed E-state index contributed by atoms with van der Waals surface area (Å²) in [5.74, 6) is 0. The molecule has 1 aliphatic heterocycles. The van der Waals surface area contributed by atoms with E-state index in [0.29, 0.717) is 24.7 Å². The van der Waals surface area contributed by atoms with Crippen molar-refractivity contribution in [1.82, 2.24) is 19.4 Å². The average Bonchev–Trinajstić information content (AvgIpc) is 3.50. The molecule has 2 unspecified atom stereocenters. The summed E-state index contributed by atoms with van der Waals surface area (Å²) in [4.78, 5) is 24.2. The Morgan fingerprint density at radius 2 is 1.60 bits per heavy atom. The number of hydrogen-bond acceptors (Lipinski definition) is 5. The first-order valence-corrected chi connectivity index (χ1v) is 17.6. The molecule has 7 nitrogen and oxygen atoms in total. The minimum Gasteiger partial charge on any atom is -0.444 e. The predicted octanol–water partition coefficient (Wildman–Crippen LogP) is 6.82. The molecular weight excluding hydrogens is 679 g/mol. The number of fused-ring (bicyclic) bond motifs is 1. The number of halogens is 2. The van der Waals surface area contributed by atoms with Crippen LogP contribution in [-0.4, -0.2) is 58.6 Å². The van der Waals surface area contributed by atoms with Crippen LogP contribution in [0.25, 0.3) is 11.0 Å². The fourth-order valence-corrected chi connectivity index (χ4v) is 11.8. The van der Waals surface area contributed by atoms with Crippen LogP contribution in [0.3, 0.4) is 0 Å². The van der Waals surface area contributed by atoms with Gasteiger partial charge in [-0.1, -0.05) is 93.0 Å². The van der Waals surface area contributed by atoms with Gasteiger partial charge in [0, 0.05) is 16.3 Å². The summed E-state index contributed by atoms with van der Waals surface area (Å²) in [5.41, 5.74) is 0.150. The highest BCUT2D eigenvalue weighted by atomic mass is 127. The molecule has 1 amide bonds. The van der Waals surface area contributed by atoms with Crippen molar-refractivity contribution in [3.63, 3.8) is 0 Å². The topological polar surface area (TPSA) is 69.5 Å². The minimum absolute atomic E-state index is 0.0257. The van der Waals surface area contributed by atoms with E-state index >= 15 is 0 Å². The largest absolute Gasteiger partial charge is 0.444 e. The molecule has 4 aromatic rings. The van der Waals surface area contributed by atoms with Crippen LogP contribution < -0.4 is 10.4 Å². The molecule has 42 heavy (non-hydrogen) atoms. The quantitative estimate of drug-likeness (QED) is 0.125. The maximum Gasteiger partial charge on any atom is 0.410 e. The van der Waals surface area contributed by atoms with Crippen LogP contribution in [0.1, 0.15) is 54.0 Å². The van der Waals surface area contributed by atoms with Crippen LogP contribution in [0, 0.1) is 3.57 Å². The lowest BCUT2D eigenvalue weighted by Gasteiger charge is -2.44. The van der Waals surface area contributed by atoms with E-state index in [1.165, 1.54) is 16.7 Å². The highest BCUT2D eigenvalue weighted by Crippen LogP contribution is 2.39. The standard InChI is InChI=1S/C32H38ClIN4O3Si/c1-31(2,3)41-30(39)38-18-22(37-19-26(34)27-28(33)35-21-36-29(27)37)17-23(38)20-40-42(32(4,5)6,24-13-9-7-10-14-24)25-15-11-8-12-16-25/h7-16,19,21-23H,17-18,20H2,1-6H3. The monoisotopic (exact) mass is 716 g/mol. The summed E-state index contributed by atoms with van der Waals surface area (Å²) in [6.07, 6.45) is 3.90. The Labute approximate surface area is 267 Å². The maximum absolute atomic E-state index is 13.6. The third-order valence-corrected chi connectivity index (χ3v) is 13.9. The third kappa shape index (κ3) is 5.98. The molecule has 1 aliphatic rings. The Morgan fingerprint density at radius 3 is 2.14 bits per heavy atom. The van der Waals surface area contributed by atoms with Crippen molar-refractivity contribution >= 4 is 70.0 Å². The Bertz CT molecular complexity index is 1510. The summed E-state index contributed by atoms with van der Waals surface area (Å²) >= 11 is 8.72. The fraction of sp³-hybridized carbons (Fsp3) is 0.406. The number of carbonyl (C=O) groups excluding carboxylic acids is 1. The van der Waals surface area contributed by atoms with Crippen molar-refractivity contribution in [3.05, 3.63) is 81.9 Å². The molecule has 2 aromatic carbocycles. The Balaban J connectivity index is 1.54. The number of amides is 1. The van der Waals surface area contributed by atoms with Crippen molar-refractivity contribution < 1.29 is 14.0 Å². The second kappa shape index (κ2) is 11.9. The first-order valence-electron chi connectivity index (χ1n) is 14.2. The molecule has 222 valence electrons. The lowest BCUT2D eigenvalue weighted by molar-refractivity contribution is 0.0180. The normalized spacial score (nSPS) is 18.0. The summed E-state index contributed by atoms with van der Waals surface area (Å²) in [6, 6.07) is 20.9. The van der Waals surface area contributed by atoms with E-state index in [2.05, 4.69) is 113 Å². The summed E-state index contributed by atoms with van der Waals surface area (Å²) in [7, 11) is -2.80. The SMILES string of the molecule is CC(C)(C)OC(=O)N1CC(n2cc(I)c3c(Cl)ncnc32)CC1CO[Si](c1ccccc1)(c1ccccc1)C(C)(C)C. The smallest absolute Gasteiger partial charge is 0.410 e. The molecular formula is C32H38ClIN4O3Si. The van der Waals surface area contributed by atoms with Gasteiger partial charge in [-0.3, -0.25) is 0 Å². The molecule has 5 rings (SSSR count). The van der Waals surface area contributed by atoms with Crippen LogP contribution in [-0.2, 0) is 9.16 Å². The van der Waals surface area contributed by atoms with Gasteiger partial charge in [0.05, 0.1) is 24.1 Å². The van der Waals surface area contributed by atoms with Crippen molar-refractivity contribution in [2.24, 2.45) is 0 Å². The molecule has 0 spiro atoms. The van der Waals surface area contributed by atoms with Gasteiger partial charge in [0.25, 0.3) is 8.32 Å². The van der Waals surface area contributed by atoms with Gasteiger partial charge in [-0.05, 0) is 65.2 Å². The van der Waals surface area contributed by atoms with Crippen LogP contribution in [0.2, 0.25) is 10.2 Å². The lowest BCUT2D eigenvalue weighted by atomic mass is 10.2. The van der Waals surface area contributed by atoms with Crippen LogP contribution >= 0.6 is 34.2 Å². The molecule has 0 bridgehead atoms. The van der Waals surface area contributed by atoms with Gasteiger partial charge >= 0.3 is 6.09 Å². The Kier molecular flexibility index (Phi) is 8.77. The molecule has 0 saturated carbocycles. The fourth-order valence-electron chi connectivity index (χ4n) is 6.06. The third-order valence-electron chi connectivity index (χ3n) is 7.84. The average molecular weight is 717 g/mol. The second-order valence-corrected chi connectivity index (χ2v) is 18.7. The van der Waals surface area contributed by atoms with Gasteiger partial charge in [-0.25, -0.2) is 14.8 Å². The zero-order valence-electron chi connectivity index (χ0n) is 25.0. The summed E-state index contributed by atoms with van der Waals surface area (Å²) in [5, 5.41) is 3.50. The van der Waals surface area contributed by atoms with Crippen LogP contribution in [0.5, 0.6) is 0 Å². The highest BCUT2D eigenvalue weighted by molar-refractivity contribution is 14.1. The molecule has 1 fully saturated rings. The van der Waals surface area contributed by atoms with Gasteiger partial charge < -0.3 is 18.6 Å². The van der Waals surface area contributed by atoms with Crippen LogP contribution in [0.15, 0.2) is 73.2 Å². The summed E-state index contributed by atoms with van der Waals surface area (Å²) < 4.78 is 16.3. The molecule has 2 aromatic heterocycles. The highest BCUT2D eigenvalue weighted by Gasteiger charge is 2.51. The van der Waals surface area contributed by atoms with Crippen molar-refractivity contribution in [2.45, 2.75) is 70.7 Å². The first-order chi connectivity index (χ1) is 19.8. The number of rotatable bonds is 6. The summed E-state index contributed by atoms with van der Waals surface area (Å²) in [6.45, 7) is 13.3. The number of carbonyl (C=O) groups is 1. The molecule has 2 atom stereocenters. The lowest BCUT2D eigenvalue weighted by Crippen LogP contribution is -2.67. The maximum atomic E-state index is 13.6. The molecule has 10 heteroatoms. The van der Waals surface area contributed by atoms with Gasteiger partial charge in [0.2, 0.25) is 0 Å². The Morgan fingerprint density at radius 1 is 1.00 bits per heavy atom. The van der Waals surface area contributed by atoms with Gasteiger partial charge in [0.1, 0.15) is 22.7 Å². The van der Waals surface area contributed by atoms with Crippen molar-refractivity contribution in [3.8, 4) is 0 Å². The Hall–Kier alpha value is -2.47. The second-order valence-electron chi connectivity index (χ2n) is 12.9. The van der Waals surface area contributed by atoms with E-state index in [9.17, 15) is 4.79 Å². The first kappa shape index (κ1) is 31.0. The number of likely N-dealkylation sites (tertiary alicyclic amines) is 1. The number of ether oxygens (including phenoxy) is 1. The molecule has 0 radical (unpaired) electrons. The van der Waals surface area contributed by atoms with E-state index < -0.39 is 13.9 Å². The van der Waals surface area contributed by atoms with E-state index in [1.807, 2.05) is 37.8 Å². The number of aromatic nitrogens is 3. The van der Waals surface area contributed by atoms with Crippen molar-refractivity contribution in [1.29, 1.82) is 0 Å². The van der Waals surface area contributed by atoms with E-state index in [1.54, 1.807) is 0 Å². The zero-order valence-corrected chi connectivity index (χ0v) is 28.9. The van der Waals surface area contributed by atoms with Crippen LogP contribution in [0.4, 0.5) is 4.79 Å². The zero-order chi connectivity index (χ0) is 30.3. The number of hydrogen-bond donors (Lipinski definition) is 0. The molecule has 1 saturated heterocycles. The predicted molar refractivity (Wildman–Crippen MR) is 179 cm³/mol. The van der Waals surface area contributed by atoms with E-state index in [4.69, 9.17) is 20.8 Å². The number of nitrogens with zero attached hydrogens (tertiary/aromatic N) is 4. The van der Waals surface area contributed by atoms with Gasteiger partial charge in [0.15, 0.2) is 0 Å². The molecule has 3 heterocycles. The number of benzene rings is 2. The van der Waals surface area contributed by atoms with Gasteiger partial charge in [-0.2, -0.15) is 0 Å². The minimum atomic E-state index is -2.80.